The zero-order valence-corrected chi connectivity index (χ0v) is 8.89. The molecular weight excluding hydrogens is 184 g/mol. The number of nitrogens with zero attached hydrogens (tertiary/aromatic N) is 2. The molecule has 1 aromatic carbocycles. The Morgan fingerprint density at radius 3 is 2.47 bits per heavy atom. The van der Waals surface area contributed by atoms with Crippen LogP contribution in [0.15, 0.2) is 30.3 Å². The van der Waals surface area contributed by atoms with Gasteiger partial charge in [0.25, 0.3) is 0 Å². The van der Waals surface area contributed by atoms with Crippen molar-refractivity contribution in [3.05, 3.63) is 35.9 Å². The summed E-state index contributed by atoms with van der Waals surface area (Å²) in [5, 5.41) is 8.88. The van der Waals surface area contributed by atoms with Crippen molar-refractivity contribution in [3.63, 3.8) is 0 Å². The summed E-state index contributed by atoms with van der Waals surface area (Å²) in [6.07, 6.45) is 3.15. The second-order valence-corrected chi connectivity index (χ2v) is 4.03. The second kappa shape index (κ2) is 4.95. The summed E-state index contributed by atoms with van der Waals surface area (Å²) >= 11 is 0. The molecule has 15 heavy (non-hydrogen) atoms. The standard InChI is InChI=1S/C13H16N2/c14-9-8-13(15-10-4-5-11-15)12-6-2-1-3-7-12/h1-3,6-7,13H,4-5,8,10-11H2. The van der Waals surface area contributed by atoms with Gasteiger partial charge in [-0.2, -0.15) is 5.26 Å². The van der Waals surface area contributed by atoms with Gasteiger partial charge in [-0.25, -0.2) is 0 Å². The summed E-state index contributed by atoms with van der Waals surface area (Å²) < 4.78 is 0. The van der Waals surface area contributed by atoms with Crippen LogP contribution < -0.4 is 0 Å². The van der Waals surface area contributed by atoms with Gasteiger partial charge < -0.3 is 0 Å². The summed E-state index contributed by atoms with van der Waals surface area (Å²) in [6, 6.07) is 13.0. The van der Waals surface area contributed by atoms with Gasteiger partial charge in [0.1, 0.15) is 0 Å². The van der Waals surface area contributed by atoms with Crippen molar-refractivity contribution in [2.75, 3.05) is 13.1 Å². The summed E-state index contributed by atoms with van der Waals surface area (Å²) in [6.45, 7) is 2.28. The van der Waals surface area contributed by atoms with Gasteiger partial charge in [-0.15, -0.1) is 0 Å². The number of nitriles is 1. The van der Waals surface area contributed by atoms with Crippen LogP contribution in [0.1, 0.15) is 30.9 Å². The third-order valence-electron chi connectivity index (χ3n) is 3.05. The molecule has 1 aromatic rings. The molecule has 1 aliphatic rings. The number of rotatable bonds is 3. The lowest BCUT2D eigenvalue weighted by molar-refractivity contribution is 0.249. The van der Waals surface area contributed by atoms with E-state index in [1.54, 1.807) is 0 Å². The third-order valence-corrected chi connectivity index (χ3v) is 3.05. The fourth-order valence-corrected chi connectivity index (χ4v) is 2.27. The van der Waals surface area contributed by atoms with Crippen molar-refractivity contribution < 1.29 is 0 Å². The molecule has 0 aromatic heterocycles. The van der Waals surface area contributed by atoms with Gasteiger partial charge in [-0.3, -0.25) is 4.90 Å². The fourth-order valence-electron chi connectivity index (χ4n) is 2.27. The van der Waals surface area contributed by atoms with Crippen molar-refractivity contribution in [2.45, 2.75) is 25.3 Å². The Hall–Kier alpha value is -1.33. The zero-order valence-electron chi connectivity index (χ0n) is 8.89. The van der Waals surface area contributed by atoms with E-state index >= 15 is 0 Å². The molecule has 1 unspecified atom stereocenters. The molecule has 0 N–H and O–H groups in total. The lowest BCUT2D eigenvalue weighted by atomic mass is 10.0. The maximum Gasteiger partial charge on any atom is 0.0641 e. The highest BCUT2D eigenvalue weighted by Gasteiger charge is 2.22. The first-order chi connectivity index (χ1) is 7.42. The Labute approximate surface area is 91.1 Å². The van der Waals surface area contributed by atoms with Crippen LogP contribution in [0.4, 0.5) is 0 Å². The van der Waals surface area contributed by atoms with Gasteiger partial charge in [0, 0.05) is 6.04 Å². The third kappa shape index (κ3) is 2.37. The Morgan fingerprint density at radius 1 is 1.20 bits per heavy atom. The van der Waals surface area contributed by atoms with Crippen LogP contribution in [0, 0.1) is 11.3 Å². The Balaban J connectivity index is 2.16. The number of hydrogen-bond acceptors (Lipinski definition) is 2. The molecule has 1 atom stereocenters. The number of likely N-dealkylation sites (tertiary alicyclic amines) is 1. The predicted molar refractivity (Wildman–Crippen MR) is 60.2 cm³/mol. The van der Waals surface area contributed by atoms with Crippen LogP contribution in [0.5, 0.6) is 0 Å². The highest BCUT2D eigenvalue weighted by atomic mass is 15.2. The molecule has 1 fully saturated rings. The predicted octanol–water partition coefficient (Wildman–Crippen LogP) is 2.74. The summed E-state index contributed by atoms with van der Waals surface area (Å²) in [5.41, 5.74) is 1.28. The molecule has 0 spiro atoms. The maximum absolute atomic E-state index is 8.88. The largest absolute Gasteiger partial charge is 0.295 e. The van der Waals surface area contributed by atoms with Crippen LogP contribution in [-0.4, -0.2) is 18.0 Å². The monoisotopic (exact) mass is 200 g/mol. The van der Waals surface area contributed by atoms with Crippen LogP contribution in [0.3, 0.4) is 0 Å². The van der Waals surface area contributed by atoms with Gasteiger partial charge >= 0.3 is 0 Å². The van der Waals surface area contributed by atoms with E-state index < -0.39 is 0 Å². The van der Waals surface area contributed by atoms with Gasteiger partial charge in [-0.1, -0.05) is 30.3 Å². The average molecular weight is 200 g/mol. The quantitative estimate of drug-likeness (QED) is 0.750. The highest BCUT2D eigenvalue weighted by Crippen LogP contribution is 2.27. The lowest BCUT2D eigenvalue weighted by Crippen LogP contribution is -2.25. The van der Waals surface area contributed by atoms with Crippen molar-refractivity contribution in [2.24, 2.45) is 0 Å². The van der Waals surface area contributed by atoms with Crippen LogP contribution in [-0.2, 0) is 0 Å². The van der Waals surface area contributed by atoms with E-state index in [4.69, 9.17) is 5.26 Å². The Bertz CT molecular complexity index is 333. The minimum Gasteiger partial charge on any atom is -0.295 e. The van der Waals surface area contributed by atoms with Crippen molar-refractivity contribution in [3.8, 4) is 6.07 Å². The molecule has 1 aliphatic heterocycles. The Morgan fingerprint density at radius 2 is 1.87 bits per heavy atom. The fraction of sp³-hybridized carbons (Fsp3) is 0.462. The van der Waals surface area contributed by atoms with Gasteiger partial charge in [0.2, 0.25) is 0 Å². The molecule has 78 valence electrons. The molecule has 2 rings (SSSR count). The minimum absolute atomic E-state index is 0.304. The molecule has 1 heterocycles. The first-order valence-electron chi connectivity index (χ1n) is 5.58. The average Bonchev–Trinajstić information content (AvgIpc) is 2.80. The van der Waals surface area contributed by atoms with Crippen molar-refractivity contribution in [1.29, 1.82) is 5.26 Å². The molecule has 0 amide bonds. The zero-order chi connectivity index (χ0) is 10.5. The van der Waals surface area contributed by atoms with E-state index in [0.29, 0.717) is 12.5 Å². The number of benzene rings is 1. The first-order valence-corrected chi connectivity index (χ1v) is 5.58. The molecular formula is C13H16N2. The lowest BCUT2D eigenvalue weighted by Gasteiger charge is -2.25. The minimum atomic E-state index is 0.304. The normalized spacial score (nSPS) is 18.6. The number of hydrogen-bond donors (Lipinski definition) is 0. The van der Waals surface area contributed by atoms with Crippen molar-refractivity contribution in [1.82, 2.24) is 4.90 Å². The summed E-state index contributed by atoms with van der Waals surface area (Å²) in [5.74, 6) is 0. The maximum atomic E-state index is 8.88. The van der Waals surface area contributed by atoms with Gasteiger partial charge in [-0.05, 0) is 31.5 Å². The van der Waals surface area contributed by atoms with E-state index in [1.165, 1.54) is 18.4 Å². The van der Waals surface area contributed by atoms with E-state index in [2.05, 4.69) is 35.2 Å². The highest BCUT2D eigenvalue weighted by molar-refractivity contribution is 5.20. The van der Waals surface area contributed by atoms with E-state index in [-0.39, 0.29) is 0 Å². The smallest absolute Gasteiger partial charge is 0.0641 e. The van der Waals surface area contributed by atoms with Gasteiger partial charge in [0.05, 0.1) is 12.5 Å². The van der Waals surface area contributed by atoms with E-state index in [0.717, 1.165) is 13.1 Å². The molecule has 2 heteroatoms. The summed E-state index contributed by atoms with van der Waals surface area (Å²) in [7, 11) is 0. The van der Waals surface area contributed by atoms with Crippen LogP contribution >= 0.6 is 0 Å². The molecule has 2 nitrogen and oxygen atoms in total. The molecule has 0 saturated carbocycles. The topological polar surface area (TPSA) is 27.0 Å². The molecule has 0 bridgehead atoms. The van der Waals surface area contributed by atoms with Crippen molar-refractivity contribution >= 4 is 0 Å². The molecule has 0 radical (unpaired) electrons. The van der Waals surface area contributed by atoms with Crippen LogP contribution in [0.2, 0.25) is 0 Å². The summed E-state index contributed by atoms with van der Waals surface area (Å²) in [4.78, 5) is 2.43. The second-order valence-electron chi connectivity index (χ2n) is 4.03. The first kappa shape index (κ1) is 10.2. The van der Waals surface area contributed by atoms with E-state index in [1.807, 2.05) is 6.07 Å². The van der Waals surface area contributed by atoms with Crippen LogP contribution in [0.25, 0.3) is 0 Å². The molecule has 1 saturated heterocycles. The van der Waals surface area contributed by atoms with Gasteiger partial charge in [0.15, 0.2) is 0 Å². The van der Waals surface area contributed by atoms with E-state index in [9.17, 15) is 0 Å². The Kier molecular flexibility index (Phi) is 3.37. The molecule has 0 aliphatic carbocycles. The SMILES string of the molecule is N#CCC(c1ccccc1)N1CCCC1.